The summed E-state index contributed by atoms with van der Waals surface area (Å²) < 4.78 is 0. The maximum Gasteiger partial charge on any atom is 0.0604 e. The lowest BCUT2D eigenvalue weighted by Crippen LogP contribution is -2.06. The number of para-hydroxylation sites is 1. The van der Waals surface area contributed by atoms with E-state index in [0.717, 1.165) is 11.3 Å². The highest BCUT2D eigenvalue weighted by Gasteiger charge is 1.95. The average molecular weight is 161 g/mol. The van der Waals surface area contributed by atoms with Gasteiger partial charge in [0.05, 0.1) is 6.61 Å². The van der Waals surface area contributed by atoms with Crippen LogP contribution in [0.25, 0.3) is 0 Å². The van der Waals surface area contributed by atoms with E-state index in [1.165, 1.54) is 0 Å². The zero-order valence-electron chi connectivity index (χ0n) is 6.75. The molecule has 2 N–H and O–H groups in total. The minimum absolute atomic E-state index is 0.110. The first kappa shape index (κ1) is 8.63. The summed E-state index contributed by atoms with van der Waals surface area (Å²) in [5, 5.41) is 11.6. The lowest BCUT2D eigenvalue weighted by Gasteiger charge is -2.05. The quantitative estimate of drug-likeness (QED) is 0.650. The predicted molar refractivity (Wildman–Crippen MR) is 50.0 cm³/mol. The molecule has 0 amide bonds. The van der Waals surface area contributed by atoms with Crippen LogP contribution < -0.4 is 5.32 Å². The third-order valence-corrected chi connectivity index (χ3v) is 1.51. The largest absolute Gasteiger partial charge is 0.395 e. The maximum atomic E-state index is 8.58. The second-order valence-corrected chi connectivity index (χ2v) is 2.34. The molecule has 0 spiro atoms. The highest BCUT2D eigenvalue weighted by atomic mass is 16.3. The number of aliphatic hydroxyl groups is 1. The Morgan fingerprint density at radius 2 is 2.17 bits per heavy atom. The summed E-state index contributed by atoms with van der Waals surface area (Å²) >= 11 is 0. The molecule has 62 valence electrons. The van der Waals surface area contributed by atoms with E-state index in [4.69, 9.17) is 11.5 Å². The van der Waals surface area contributed by atoms with Crippen LogP contribution in [-0.4, -0.2) is 18.3 Å². The summed E-state index contributed by atoms with van der Waals surface area (Å²) in [6, 6.07) is 7.55. The average Bonchev–Trinajstić information content (AvgIpc) is 2.15. The first-order valence-corrected chi connectivity index (χ1v) is 3.79. The molecule has 0 aliphatic heterocycles. The fraction of sp³-hybridized carbons (Fsp3) is 0.200. The minimum atomic E-state index is 0.110. The van der Waals surface area contributed by atoms with Crippen LogP contribution in [0.5, 0.6) is 0 Å². The Labute approximate surface area is 72.2 Å². The zero-order valence-corrected chi connectivity index (χ0v) is 6.75. The van der Waals surface area contributed by atoms with Gasteiger partial charge in [0.25, 0.3) is 0 Å². The second-order valence-electron chi connectivity index (χ2n) is 2.34. The van der Waals surface area contributed by atoms with Crippen molar-refractivity contribution in [2.75, 3.05) is 18.5 Å². The maximum absolute atomic E-state index is 8.58. The minimum Gasteiger partial charge on any atom is -0.395 e. The fourth-order valence-corrected chi connectivity index (χ4v) is 0.954. The van der Waals surface area contributed by atoms with Gasteiger partial charge in [0, 0.05) is 17.8 Å². The summed E-state index contributed by atoms with van der Waals surface area (Å²) in [6.45, 7) is 0.637. The van der Waals surface area contributed by atoms with E-state index in [2.05, 4.69) is 11.2 Å². The second kappa shape index (κ2) is 4.42. The number of terminal acetylenes is 1. The molecule has 0 bridgehead atoms. The molecule has 2 heteroatoms. The first-order valence-electron chi connectivity index (χ1n) is 3.79. The normalized spacial score (nSPS) is 9.00. The van der Waals surface area contributed by atoms with E-state index in [-0.39, 0.29) is 6.61 Å². The van der Waals surface area contributed by atoms with E-state index in [0.29, 0.717) is 6.54 Å². The van der Waals surface area contributed by atoms with Gasteiger partial charge in [-0.2, -0.15) is 0 Å². The Balaban J connectivity index is 2.77. The van der Waals surface area contributed by atoms with Gasteiger partial charge in [-0.25, -0.2) is 0 Å². The molecule has 1 rings (SSSR count). The van der Waals surface area contributed by atoms with E-state index < -0.39 is 0 Å². The van der Waals surface area contributed by atoms with Crippen LogP contribution in [0.1, 0.15) is 5.56 Å². The number of aliphatic hydroxyl groups excluding tert-OH is 1. The Hall–Kier alpha value is -1.46. The third kappa shape index (κ3) is 2.01. The highest BCUT2D eigenvalue weighted by molar-refractivity contribution is 5.58. The van der Waals surface area contributed by atoms with Gasteiger partial charge in [-0.05, 0) is 12.1 Å². The van der Waals surface area contributed by atoms with Crippen molar-refractivity contribution in [1.29, 1.82) is 0 Å². The summed E-state index contributed by atoms with van der Waals surface area (Å²) in [4.78, 5) is 0. The number of rotatable bonds is 3. The predicted octanol–water partition coefficient (Wildman–Crippen LogP) is 1.07. The molecule has 2 nitrogen and oxygen atoms in total. The Bertz CT molecular complexity index is 288. The van der Waals surface area contributed by atoms with Gasteiger partial charge in [0.1, 0.15) is 0 Å². The smallest absolute Gasteiger partial charge is 0.0604 e. The SMILES string of the molecule is C#Cc1ccccc1NCCO. The molecular formula is C10H11NO. The third-order valence-electron chi connectivity index (χ3n) is 1.51. The van der Waals surface area contributed by atoms with Crippen molar-refractivity contribution in [2.45, 2.75) is 0 Å². The highest BCUT2D eigenvalue weighted by Crippen LogP contribution is 2.12. The molecule has 1 aromatic rings. The molecule has 12 heavy (non-hydrogen) atoms. The van der Waals surface area contributed by atoms with Gasteiger partial charge in [-0.15, -0.1) is 6.42 Å². The number of hydrogen-bond donors (Lipinski definition) is 2. The molecule has 0 heterocycles. The summed E-state index contributed by atoms with van der Waals surface area (Å²) in [6.07, 6.45) is 5.27. The Morgan fingerprint density at radius 1 is 1.42 bits per heavy atom. The molecule has 0 aliphatic carbocycles. The van der Waals surface area contributed by atoms with Crippen molar-refractivity contribution in [3.05, 3.63) is 29.8 Å². The first-order chi connectivity index (χ1) is 5.88. The number of anilines is 1. The molecule has 0 aliphatic rings. The standard InChI is InChI=1S/C10H11NO/c1-2-9-5-3-4-6-10(9)11-7-8-12/h1,3-6,11-12H,7-8H2. The number of nitrogens with one attached hydrogen (secondary N) is 1. The summed E-state index contributed by atoms with van der Waals surface area (Å²) in [5.74, 6) is 2.56. The van der Waals surface area contributed by atoms with Crippen molar-refractivity contribution < 1.29 is 5.11 Å². The number of benzene rings is 1. The summed E-state index contributed by atoms with van der Waals surface area (Å²) in [7, 11) is 0. The molecule has 0 atom stereocenters. The molecule has 1 aromatic carbocycles. The van der Waals surface area contributed by atoms with Gasteiger partial charge >= 0.3 is 0 Å². The van der Waals surface area contributed by atoms with E-state index in [1.54, 1.807) is 0 Å². The van der Waals surface area contributed by atoms with Crippen molar-refractivity contribution in [1.82, 2.24) is 0 Å². The van der Waals surface area contributed by atoms with Crippen LogP contribution in [0, 0.1) is 12.3 Å². The van der Waals surface area contributed by atoms with Crippen LogP contribution in [0.3, 0.4) is 0 Å². The van der Waals surface area contributed by atoms with Crippen LogP contribution in [0.15, 0.2) is 24.3 Å². The molecular weight excluding hydrogens is 150 g/mol. The lowest BCUT2D eigenvalue weighted by atomic mass is 10.2. The van der Waals surface area contributed by atoms with E-state index in [9.17, 15) is 0 Å². The van der Waals surface area contributed by atoms with Crippen LogP contribution in [0.2, 0.25) is 0 Å². The molecule has 0 unspecified atom stereocenters. The monoisotopic (exact) mass is 161 g/mol. The lowest BCUT2D eigenvalue weighted by molar-refractivity contribution is 0.311. The molecule has 0 saturated carbocycles. The van der Waals surface area contributed by atoms with Gasteiger partial charge < -0.3 is 10.4 Å². The zero-order chi connectivity index (χ0) is 8.81. The van der Waals surface area contributed by atoms with Crippen molar-refractivity contribution in [2.24, 2.45) is 0 Å². The number of hydrogen-bond acceptors (Lipinski definition) is 2. The van der Waals surface area contributed by atoms with Gasteiger partial charge in [-0.3, -0.25) is 0 Å². The van der Waals surface area contributed by atoms with Crippen molar-refractivity contribution in [3.63, 3.8) is 0 Å². The van der Waals surface area contributed by atoms with Gasteiger partial charge in [-0.1, -0.05) is 18.1 Å². The van der Waals surface area contributed by atoms with E-state index >= 15 is 0 Å². The molecule has 0 aromatic heterocycles. The molecule has 0 radical (unpaired) electrons. The van der Waals surface area contributed by atoms with Crippen LogP contribution in [-0.2, 0) is 0 Å². The molecule has 0 fully saturated rings. The Morgan fingerprint density at radius 3 is 2.83 bits per heavy atom. The van der Waals surface area contributed by atoms with Crippen LogP contribution in [0.4, 0.5) is 5.69 Å². The van der Waals surface area contributed by atoms with Gasteiger partial charge in [0.2, 0.25) is 0 Å². The summed E-state index contributed by atoms with van der Waals surface area (Å²) in [5.41, 5.74) is 1.72. The van der Waals surface area contributed by atoms with Crippen molar-refractivity contribution in [3.8, 4) is 12.3 Å². The fourth-order valence-electron chi connectivity index (χ4n) is 0.954. The van der Waals surface area contributed by atoms with Crippen molar-refractivity contribution >= 4 is 5.69 Å². The topological polar surface area (TPSA) is 32.3 Å². The van der Waals surface area contributed by atoms with Crippen LogP contribution >= 0.6 is 0 Å². The van der Waals surface area contributed by atoms with E-state index in [1.807, 2.05) is 24.3 Å². The molecule has 0 saturated heterocycles. The van der Waals surface area contributed by atoms with Gasteiger partial charge in [0.15, 0.2) is 0 Å². The Kier molecular flexibility index (Phi) is 3.18.